The third kappa shape index (κ3) is 3.82. The van der Waals surface area contributed by atoms with Crippen LogP contribution in [0.15, 0.2) is 35.2 Å². The highest BCUT2D eigenvalue weighted by molar-refractivity contribution is 8.13. The van der Waals surface area contributed by atoms with Gasteiger partial charge in [0.2, 0.25) is 0 Å². The second-order valence-corrected chi connectivity index (χ2v) is 10.7. The number of hydrogen-bond donors (Lipinski definition) is 1. The van der Waals surface area contributed by atoms with Gasteiger partial charge in [-0.05, 0) is 43.2 Å². The van der Waals surface area contributed by atoms with E-state index < -0.39 is 14.9 Å². The summed E-state index contributed by atoms with van der Waals surface area (Å²) in [6, 6.07) is 5.70. The van der Waals surface area contributed by atoms with Crippen molar-refractivity contribution in [1.29, 1.82) is 0 Å². The highest BCUT2D eigenvalue weighted by Crippen LogP contribution is 2.44. The number of phenolic OH excluding ortho intramolecular Hbond substituents is 1. The van der Waals surface area contributed by atoms with Crippen molar-refractivity contribution < 1.29 is 22.7 Å². The number of halogens is 4. The quantitative estimate of drug-likeness (QED) is 0.647. The molecule has 0 radical (unpaired) electrons. The Morgan fingerprint density at radius 1 is 1.07 bits per heavy atom. The number of hydrogen-bond acceptors (Lipinski definition) is 5. The molecule has 2 saturated heterocycles. The van der Waals surface area contributed by atoms with Gasteiger partial charge in [-0.1, -0.05) is 23.2 Å². The Morgan fingerprint density at radius 2 is 1.70 bits per heavy atom. The molecule has 2 fully saturated rings. The summed E-state index contributed by atoms with van der Waals surface area (Å²) in [5.74, 6) is -1.07. The molecule has 2 aromatic rings. The second-order valence-electron chi connectivity index (χ2n) is 7.34. The molecule has 2 aliphatic rings. The molecule has 160 valence electrons. The molecule has 2 bridgehead atoms. The van der Waals surface area contributed by atoms with Crippen molar-refractivity contribution in [3.05, 3.63) is 51.8 Å². The Morgan fingerprint density at radius 3 is 2.27 bits per heavy atom. The lowest BCUT2D eigenvalue weighted by Gasteiger charge is -2.42. The molecule has 2 aromatic carbocycles. The van der Waals surface area contributed by atoms with Gasteiger partial charge in [0.25, 0.3) is 15.0 Å². The van der Waals surface area contributed by atoms with Gasteiger partial charge in [-0.25, -0.2) is 12.8 Å². The zero-order chi connectivity index (χ0) is 21.8. The monoisotopic (exact) mass is 492 g/mol. The van der Waals surface area contributed by atoms with Gasteiger partial charge in [-0.3, -0.25) is 4.79 Å². The molecular formula is C19H16Cl3FN2O4S. The highest BCUT2D eigenvalue weighted by Gasteiger charge is 2.43. The van der Waals surface area contributed by atoms with E-state index >= 15 is 0 Å². The van der Waals surface area contributed by atoms with E-state index in [4.69, 9.17) is 33.9 Å². The van der Waals surface area contributed by atoms with E-state index in [9.17, 15) is 22.7 Å². The van der Waals surface area contributed by atoms with Crippen LogP contribution in [0.2, 0.25) is 10.0 Å². The molecule has 4 rings (SSSR count). The molecular weight excluding hydrogens is 478 g/mol. The summed E-state index contributed by atoms with van der Waals surface area (Å²) < 4.78 is 36.9. The van der Waals surface area contributed by atoms with Crippen LogP contribution in [0.1, 0.15) is 23.2 Å². The van der Waals surface area contributed by atoms with Crippen molar-refractivity contribution in [2.75, 3.05) is 18.0 Å². The average Bonchev–Trinajstić information content (AvgIpc) is 2.91. The fourth-order valence-corrected chi connectivity index (χ4v) is 5.50. The van der Waals surface area contributed by atoms with Gasteiger partial charge in [0.1, 0.15) is 5.82 Å². The first-order chi connectivity index (χ1) is 14.1. The van der Waals surface area contributed by atoms with Crippen LogP contribution in [0.3, 0.4) is 0 Å². The number of carbonyl (C=O) groups excluding carboxylic acids is 1. The van der Waals surface area contributed by atoms with Gasteiger partial charge < -0.3 is 14.9 Å². The van der Waals surface area contributed by atoms with E-state index in [1.54, 1.807) is 4.90 Å². The van der Waals surface area contributed by atoms with Crippen LogP contribution in [0.5, 0.6) is 5.75 Å². The molecule has 2 unspecified atom stereocenters. The number of fused-ring (bicyclic) bond motifs is 2. The first-order valence-electron chi connectivity index (χ1n) is 9.06. The minimum atomic E-state index is -4.05. The Hall–Kier alpha value is -1.74. The summed E-state index contributed by atoms with van der Waals surface area (Å²) in [7, 11) is 1.42. The van der Waals surface area contributed by atoms with Gasteiger partial charge in [-0.2, -0.15) is 0 Å². The smallest absolute Gasteiger partial charge is 0.261 e. The largest absolute Gasteiger partial charge is 0.504 e. The standard InChI is InChI=1S/C19H16Cl3FN2O4S/c20-15-5-10(23)1-4-14(15)19(27)24-8-11-2-3-12(9-24)25(11)17-7-13(30(22,28)29)6-16(21)18(17)26/h1,4-7,11-12,26H,2-3,8-9H2. The normalized spacial score (nSPS) is 21.2. The van der Waals surface area contributed by atoms with Crippen molar-refractivity contribution in [3.8, 4) is 5.75 Å². The predicted octanol–water partition coefficient (Wildman–Crippen LogP) is 4.26. The van der Waals surface area contributed by atoms with Gasteiger partial charge in [0.15, 0.2) is 5.75 Å². The Kier molecular flexibility index (Phi) is 5.55. The minimum absolute atomic E-state index is 0.0409. The topological polar surface area (TPSA) is 77.9 Å². The molecule has 2 heterocycles. The van der Waals surface area contributed by atoms with Crippen molar-refractivity contribution in [2.45, 2.75) is 29.8 Å². The Bertz CT molecular complexity index is 1130. The molecule has 0 aliphatic carbocycles. The fourth-order valence-electron chi connectivity index (χ4n) is 4.19. The van der Waals surface area contributed by atoms with E-state index in [1.807, 2.05) is 4.90 Å². The number of amides is 1. The Balaban J connectivity index is 1.64. The SMILES string of the molecule is O=C(c1ccc(F)cc1Cl)N1CC2CCC(C1)N2c1cc(S(=O)(=O)Cl)cc(Cl)c1O. The number of carbonyl (C=O) groups is 1. The number of benzene rings is 2. The maximum absolute atomic E-state index is 13.3. The third-order valence-electron chi connectivity index (χ3n) is 5.51. The van der Waals surface area contributed by atoms with E-state index in [-0.39, 0.29) is 49.9 Å². The summed E-state index contributed by atoms with van der Waals surface area (Å²) in [6.45, 7) is 0.663. The molecule has 30 heavy (non-hydrogen) atoms. The zero-order valence-electron chi connectivity index (χ0n) is 15.4. The van der Waals surface area contributed by atoms with Crippen LogP contribution < -0.4 is 4.90 Å². The van der Waals surface area contributed by atoms with Crippen LogP contribution in [0.4, 0.5) is 10.1 Å². The van der Waals surface area contributed by atoms with Crippen molar-refractivity contribution in [3.63, 3.8) is 0 Å². The van der Waals surface area contributed by atoms with Crippen LogP contribution in [0, 0.1) is 5.82 Å². The molecule has 2 aliphatic heterocycles. The number of aromatic hydroxyl groups is 1. The summed E-state index contributed by atoms with van der Waals surface area (Å²) >= 11 is 12.1. The lowest BCUT2D eigenvalue weighted by Crippen LogP contribution is -2.55. The third-order valence-corrected chi connectivity index (χ3v) is 7.44. The molecule has 2 atom stereocenters. The van der Waals surface area contributed by atoms with Crippen molar-refractivity contribution in [1.82, 2.24) is 4.90 Å². The summed E-state index contributed by atoms with van der Waals surface area (Å²) in [5.41, 5.74) is 0.480. The first-order valence-corrected chi connectivity index (χ1v) is 12.1. The van der Waals surface area contributed by atoms with E-state index in [0.29, 0.717) is 13.1 Å². The maximum atomic E-state index is 13.3. The van der Waals surface area contributed by atoms with Gasteiger partial charge in [0, 0.05) is 35.9 Å². The second kappa shape index (κ2) is 7.75. The zero-order valence-corrected chi connectivity index (χ0v) is 18.4. The summed E-state index contributed by atoms with van der Waals surface area (Å²) in [6.07, 6.45) is 1.47. The number of phenols is 1. The minimum Gasteiger partial charge on any atom is -0.504 e. The summed E-state index contributed by atoms with van der Waals surface area (Å²) in [5, 5.41) is 10.4. The maximum Gasteiger partial charge on any atom is 0.261 e. The molecule has 1 N–H and O–H groups in total. The number of nitrogens with zero attached hydrogens (tertiary/aromatic N) is 2. The van der Waals surface area contributed by atoms with E-state index in [1.165, 1.54) is 18.2 Å². The number of piperazine rings is 1. The van der Waals surface area contributed by atoms with Crippen molar-refractivity contribution in [2.24, 2.45) is 0 Å². The van der Waals surface area contributed by atoms with Crippen LogP contribution in [0.25, 0.3) is 0 Å². The first kappa shape index (κ1) is 21.5. The highest BCUT2D eigenvalue weighted by atomic mass is 35.7. The molecule has 0 saturated carbocycles. The van der Waals surface area contributed by atoms with Gasteiger partial charge >= 0.3 is 0 Å². The molecule has 1 amide bonds. The van der Waals surface area contributed by atoms with E-state index in [2.05, 4.69) is 0 Å². The number of anilines is 1. The molecule has 0 spiro atoms. The lowest BCUT2D eigenvalue weighted by molar-refractivity contribution is 0.0718. The number of rotatable bonds is 3. The average molecular weight is 494 g/mol. The predicted molar refractivity (Wildman–Crippen MR) is 113 cm³/mol. The molecule has 6 nitrogen and oxygen atoms in total. The van der Waals surface area contributed by atoms with Crippen molar-refractivity contribution >= 4 is 54.5 Å². The van der Waals surface area contributed by atoms with Gasteiger partial charge in [0.05, 0.1) is 26.2 Å². The lowest BCUT2D eigenvalue weighted by atomic mass is 10.1. The Labute approximate surface area is 187 Å². The summed E-state index contributed by atoms with van der Waals surface area (Å²) in [4.78, 5) is 16.3. The van der Waals surface area contributed by atoms with Crippen LogP contribution in [-0.2, 0) is 9.05 Å². The molecule has 0 aromatic heterocycles. The van der Waals surface area contributed by atoms with Crippen LogP contribution in [-0.4, -0.2) is 49.5 Å². The number of likely N-dealkylation sites (tertiary alicyclic amines) is 1. The van der Waals surface area contributed by atoms with Crippen LogP contribution >= 0.6 is 33.9 Å². The fraction of sp³-hybridized carbons (Fsp3) is 0.316. The van der Waals surface area contributed by atoms with E-state index in [0.717, 1.165) is 25.0 Å². The van der Waals surface area contributed by atoms with Gasteiger partial charge in [-0.15, -0.1) is 0 Å². The molecule has 11 heteroatoms.